The summed E-state index contributed by atoms with van der Waals surface area (Å²) in [6, 6.07) is 11.1. The lowest BCUT2D eigenvalue weighted by Gasteiger charge is -2.08. The van der Waals surface area contributed by atoms with Gasteiger partial charge in [-0.15, -0.1) is 11.3 Å². The molecular weight excluding hydrogens is 414 g/mol. The van der Waals surface area contributed by atoms with Gasteiger partial charge in [-0.05, 0) is 45.8 Å². The number of halogens is 4. The van der Waals surface area contributed by atoms with Gasteiger partial charge in [0.15, 0.2) is 5.82 Å². The van der Waals surface area contributed by atoms with Gasteiger partial charge in [-0.3, -0.25) is 0 Å². The molecule has 0 saturated carbocycles. The average Bonchev–Trinajstić information content (AvgIpc) is 2.87. The van der Waals surface area contributed by atoms with Gasteiger partial charge in [0, 0.05) is 5.02 Å². The number of nitrogens with zero attached hydrogens (tertiary/aromatic N) is 2. The van der Waals surface area contributed by atoms with E-state index in [0.717, 1.165) is 14.2 Å². The fraction of sp³-hybridized carbons (Fsp3) is 0. The first-order valence-corrected chi connectivity index (χ1v) is 8.53. The van der Waals surface area contributed by atoms with E-state index in [9.17, 15) is 0 Å². The zero-order valence-electron chi connectivity index (χ0n) is 10.3. The molecule has 0 saturated heterocycles. The fourth-order valence-electron chi connectivity index (χ4n) is 1.81. The molecule has 21 heavy (non-hydrogen) atoms. The van der Waals surface area contributed by atoms with Crippen molar-refractivity contribution in [3.8, 4) is 21.8 Å². The van der Waals surface area contributed by atoms with Crippen LogP contribution in [0.2, 0.25) is 15.3 Å². The Hall–Kier alpha value is -0.650. The van der Waals surface area contributed by atoms with Crippen molar-refractivity contribution in [3.63, 3.8) is 0 Å². The molecule has 0 unspecified atom stereocenters. The summed E-state index contributed by atoms with van der Waals surface area (Å²) in [5.74, 6) is 0.512. The van der Waals surface area contributed by atoms with Gasteiger partial charge in [0.05, 0.1) is 14.2 Å². The number of thiophene rings is 1. The highest BCUT2D eigenvalue weighted by atomic mass is 79.9. The molecule has 106 valence electrons. The molecule has 0 amide bonds. The molecule has 2 nitrogen and oxygen atoms in total. The standard InChI is InChI=1S/C14H6BrCl3N2S/c15-10-6-5-9(21-10)14-19-12(17)11(13(18)20-14)7-1-3-8(16)4-2-7/h1-6H. The Morgan fingerprint density at radius 3 is 2.00 bits per heavy atom. The number of benzene rings is 1. The minimum absolute atomic E-state index is 0.317. The Kier molecular flexibility index (Phi) is 4.52. The van der Waals surface area contributed by atoms with Crippen LogP contribution in [0.5, 0.6) is 0 Å². The molecule has 0 radical (unpaired) electrons. The second kappa shape index (κ2) is 6.23. The average molecular weight is 421 g/mol. The van der Waals surface area contributed by atoms with Crippen molar-refractivity contribution in [3.05, 3.63) is 55.5 Å². The Bertz CT molecular complexity index is 779. The molecule has 0 fully saturated rings. The first-order valence-electron chi connectivity index (χ1n) is 5.79. The third-order valence-electron chi connectivity index (χ3n) is 2.75. The smallest absolute Gasteiger partial charge is 0.172 e. The van der Waals surface area contributed by atoms with Gasteiger partial charge >= 0.3 is 0 Å². The maximum absolute atomic E-state index is 6.29. The van der Waals surface area contributed by atoms with Crippen LogP contribution in [0.3, 0.4) is 0 Å². The molecule has 3 rings (SSSR count). The van der Waals surface area contributed by atoms with Crippen LogP contribution in [0.4, 0.5) is 0 Å². The maximum atomic E-state index is 6.29. The SMILES string of the molecule is Clc1ccc(-c2c(Cl)nc(-c3ccc(Br)s3)nc2Cl)cc1. The van der Waals surface area contributed by atoms with Gasteiger partial charge < -0.3 is 0 Å². The molecule has 0 N–H and O–H groups in total. The Balaban J connectivity index is 2.10. The van der Waals surface area contributed by atoms with Crippen LogP contribution in [-0.4, -0.2) is 9.97 Å². The number of rotatable bonds is 2. The van der Waals surface area contributed by atoms with Gasteiger partial charge in [-0.25, -0.2) is 9.97 Å². The Morgan fingerprint density at radius 1 is 0.857 bits per heavy atom. The van der Waals surface area contributed by atoms with Crippen LogP contribution in [-0.2, 0) is 0 Å². The van der Waals surface area contributed by atoms with Gasteiger partial charge in [0.25, 0.3) is 0 Å². The molecule has 2 aromatic heterocycles. The van der Waals surface area contributed by atoms with E-state index in [4.69, 9.17) is 34.8 Å². The minimum atomic E-state index is 0.317. The third-order valence-corrected chi connectivity index (χ3v) is 5.17. The van der Waals surface area contributed by atoms with Crippen LogP contribution in [0.1, 0.15) is 0 Å². The molecule has 0 atom stereocenters. The van der Waals surface area contributed by atoms with Crippen LogP contribution >= 0.6 is 62.1 Å². The van der Waals surface area contributed by atoms with Crippen molar-refractivity contribution in [1.29, 1.82) is 0 Å². The van der Waals surface area contributed by atoms with E-state index in [0.29, 0.717) is 26.7 Å². The highest BCUT2D eigenvalue weighted by Crippen LogP contribution is 2.36. The highest BCUT2D eigenvalue weighted by molar-refractivity contribution is 9.11. The van der Waals surface area contributed by atoms with Crippen molar-refractivity contribution >= 4 is 62.1 Å². The quantitative estimate of drug-likeness (QED) is 0.437. The van der Waals surface area contributed by atoms with Crippen molar-refractivity contribution in [2.24, 2.45) is 0 Å². The van der Waals surface area contributed by atoms with Gasteiger partial charge in [0.2, 0.25) is 0 Å². The zero-order valence-corrected chi connectivity index (χ0v) is 14.9. The number of aromatic nitrogens is 2. The van der Waals surface area contributed by atoms with Gasteiger partial charge in [0.1, 0.15) is 10.3 Å². The molecule has 7 heteroatoms. The van der Waals surface area contributed by atoms with Crippen LogP contribution in [0.25, 0.3) is 21.8 Å². The summed E-state index contributed by atoms with van der Waals surface area (Å²) in [5, 5.41) is 1.28. The zero-order chi connectivity index (χ0) is 15.0. The Morgan fingerprint density at radius 2 is 1.48 bits per heavy atom. The first-order chi connectivity index (χ1) is 10.0. The first kappa shape index (κ1) is 15.3. The molecular formula is C14H6BrCl3N2S. The van der Waals surface area contributed by atoms with Crippen LogP contribution in [0, 0.1) is 0 Å². The maximum Gasteiger partial charge on any atom is 0.172 e. The predicted molar refractivity (Wildman–Crippen MR) is 93.5 cm³/mol. The lowest BCUT2D eigenvalue weighted by Crippen LogP contribution is -1.93. The highest BCUT2D eigenvalue weighted by Gasteiger charge is 2.15. The summed E-state index contributed by atoms with van der Waals surface area (Å²) in [7, 11) is 0. The summed E-state index contributed by atoms with van der Waals surface area (Å²) in [6.07, 6.45) is 0. The van der Waals surface area contributed by atoms with Crippen molar-refractivity contribution in [2.75, 3.05) is 0 Å². The number of hydrogen-bond donors (Lipinski definition) is 0. The summed E-state index contributed by atoms with van der Waals surface area (Å²) in [4.78, 5) is 9.58. The second-order valence-electron chi connectivity index (χ2n) is 4.11. The van der Waals surface area contributed by atoms with E-state index in [1.165, 1.54) is 11.3 Å². The van der Waals surface area contributed by atoms with E-state index in [1.807, 2.05) is 24.3 Å². The lowest BCUT2D eigenvalue weighted by molar-refractivity contribution is 1.19. The largest absolute Gasteiger partial charge is 0.215 e. The van der Waals surface area contributed by atoms with E-state index < -0.39 is 0 Å². The topological polar surface area (TPSA) is 25.8 Å². The monoisotopic (exact) mass is 418 g/mol. The molecule has 1 aromatic carbocycles. The minimum Gasteiger partial charge on any atom is -0.215 e. The van der Waals surface area contributed by atoms with E-state index in [1.54, 1.807) is 12.1 Å². The summed E-state index contributed by atoms with van der Waals surface area (Å²) >= 11 is 23.4. The molecule has 2 heterocycles. The Labute approximate surface area is 148 Å². The molecule has 0 spiro atoms. The molecule has 0 aliphatic carbocycles. The van der Waals surface area contributed by atoms with E-state index in [-0.39, 0.29) is 0 Å². The summed E-state index contributed by atoms with van der Waals surface area (Å²) in [6.45, 7) is 0. The molecule has 0 aliphatic heterocycles. The van der Waals surface area contributed by atoms with Crippen LogP contribution < -0.4 is 0 Å². The van der Waals surface area contributed by atoms with Crippen LogP contribution in [0.15, 0.2) is 40.2 Å². The van der Waals surface area contributed by atoms with Crippen molar-refractivity contribution in [1.82, 2.24) is 9.97 Å². The summed E-state index contributed by atoms with van der Waals surface area (Å²) in [5.41, 5.74) is 1.43. The van der Waals surface area contributed by atoms with Gasteiger partial charge in [-0.1, -0.05) is 46.9 Å². The van der Waals surface area contributed by atoms with E-state index >= 15 is 0 Å². The third kappa shape index (κ3) is 3.25. The molecule has 0 bridgehead atoms. The normalized spacial score (nSPS) is 10.9. The lowest BCUT2D eigenvalue weighted by atomic mass is 10.1. The van der Waals surface area contributed by atoms with Crippen molar-refractivity contribution < 1.29 is 0 Å². The molecule has 0 aliphatic rings. The predicted octanol–water partition coefficient (Wildman–Crippen LogP) is 6.59. The second-order valence-corrected chi connectivity index (χ2v) is 7.73. The fourth-order valence-corrected chi connectivity index (χ4v) is 3.86. The van der Waals surface area contributed by atoms with E-state index in [2.05, 4.69) is 25.9 Å². The molecule has 3 aromatic rings. The summed E-state index contributed by atoms with van der Waals surface area (Å²) < 4.78 is 0.995. The van der Waals surface area contributed by atoms with Gasteiger partial charge in [-0.2, -0.15) is 0 Å². The number of hydrogen-bond acceptors (Lipinski definition) is 3. The van der Waals surface area contributed by atoms with Crippen molar-refractivity contribution in [2.45, 2.75) is 0 Å².